The van der Waals surface area contributed by atoms with E-state index in [1.54, 1.807) is 0 Å². The minimum atomic E-state index is 0.899. The molecule has 1 N–H and O–H groups in total. The van der Waals surface area contributed by atoms with Gasteiger partial charge in [0.2, 0.25) is 0 Å². The fourth-order valence-corrected chi connectivity index (χ4v) is 2.48. The van der Waals surface area contributed by atoms with Crippen LogP contribution in [0.1, 0.15) is 51.9 Å². The monoisotopic (exact) mass is 181 g/mol. The lowest BCUT2D eigenvalue weighted by atomic mass is 9.89. The summed E-state index contributed by atoms with van der Waals surface area (Å²) in [5.41, 5.74) is 0. The molecule has 1 heteroatoms. The van der Waals surface area contributed by atoms with E-state index in [1.165, 1.54) is 51.5 Å². The predicted octanol–water partition coefficient (Wildman–Crippen LogP) is 2.95. The Kier molecular flexibility index (Phi) is 3.26. The second kappa shape index (κ2) is 4.45. The summed E-state index contributed by atoms with van der Waals surface area (Å²) >= 11 is 0. The van der Waals surface area contributed by atoms with Crippen molar-refractivity contribution in [1.29, 1.82) is 0 Å². The molecule has 0 aromatic carbocycles. The fourth-order valence-electron chi connectivity index (χ4n) is 2.48. The van der Waals surface area contributed by atoms with Crippen molar-refractivity contribution in [1.82, 2.24) is 5.32 Å². The van der Waals surface area contributed by atoms with Crippen LogP contribution in [0.15, 0.2) is 0 Å². The van der Waals surface area contributed by atoms with Crippen LogP contribution in [0, 0.1) is 11.8 Å². The molecule has 2 aliphatic rings. The molecule has 2 rings (SSSR count). The Hall–Kier alpha value is -0.0400. The molecule has 2 atom stereocenters. The van der Waals surface area contributed by atoms with Crippen molar-refractivity contribution >= 4 is 0 Å². The van der Waals surface area contributed by atoms with Gasteiger partial charge in [-0.1, -0.05) is 32.6 Å². The normalized spacial score (nSPS) is 35.8. The molecule has 13 heavy (non-hydrogen) atoms. The van der Waals surface area contributed by atoms with Crippen LogP contribution in [-0.2, 0) is 0 Å². The highest BCUT2D eigenvalue weighted by atomic mass is 14.9. The van der Waals surface area contributed by atoms with Gasteiger partial charge in [0, 0.05) is 6.04 Å². The average Bonchev–Trinajstić information content (AvgIpc) is 2.90. The van der Waals surface area contributed by atoms with E-state index in [1.807, 2.05) is 0 Å². The number of hydrogen-bond acceptors (Lipinski definition) is 1. The minimum absolute atomic E-state index is 0.899. The molecule has 2 fully saturated rings. The van der Waals surface area contributed by atoms with E-state index in [2.05, 4.69) is 12.2 Å². The average molecular weight is 181 g/mol. The quantitative estimate of drug-likeness (QED) is 0.660. The molecule has 1 nitrogen and oxygen atoms in total. The maximum absolute atomic E-state index is 3.68. The molecule has 0 aliphatic heterocycles. The van der Waals surface area contributed by atoms with Crippen molar-refractivity contribution in [2.45, 2.75) is 57.9 Å². The highest BCUT2D eigenvalue weighted by Crippen LogP contribution is 2.29. The van der Waals surface area contributed by atoms with Gasteiger partial charge in [-0.25, -0.2) is 0 Å². The van der Waals surface area contributed by atoms with Crippen molar-refractivity contribution in [3.8, 4) is 0 Å². The standard InChI is InChI=1S/C12H23N/c1-10-5-3-2-4-6-11(10)9-13-12-7-8-12/h10-13H,2-9H2,1H3. The van der Waals surface area contributed by atoms with Gasteiger partial charge in [-0.3, -0.25) is 0 Å². The largest absolute Gasteiger partial charge is 0.314 e. The zero-order valence-corrected chi connectivity index (χ0v) is 8.89. The van der Waals surface area contributed by atoms with E-state index >= 15 is 0 Å². The Labute approximate surface area is 82.3 Å². The Morgan fingerprint density at radius 2 is 1.77 bits per heavy atom. The van der Waals surface area contributed by atoms with Crippen molar-refractivity contribution in [3.63, 3.8) is 0 Å². The zero-order valence-electron chi connectivity index (χ0n) is 8.89. The van der Waals surface area contributed by atoms with Crippen molar-refractivity contribution in [2.75, 3.05) is 6.54 Å². The summed E-state index contributed by atoms with van der Waals surface area (Å²) in [6.07, 6.45) is 10.2. The van der Waals surface area contributed by atoms with Crippen LogP contribution >= 0.6 is 0 Å². The van der Waals surface area contributed by atoms with Crippen LogP contribution in [0.25, 0.3) is 0 Å². The van der Waals surface area contributed by atoms with Gasteiger partial charge >= 0.3 is 0 Å². The van der Waals surface area contributed by atoms with Gasteiger partial charge < -0.3 is 5.32 Å². The van der Waals surface area contributed by atoms with E-state index in [-0.39, 0.29) is 0 Å². The molecule has 0 bridgehead atoms. The molecule has 0 aromatic heterocycles. The predicted molar refractivity (Wildman–Crippen MR) is 56.8 cm³/mol. The van der Waals surface area contributed by atoms with Crippen LogP contribution in [0.2, 0.25) is 0 Å². The van der Waals surface area contributed by atoms with E-state index in [4.69, 9.17) is 0 Å². The summed E-state index contributed by atoms with van der Waals surface area (Å²) in [5.74, 6) is 1.94. The van der Waals surface area contributed by atoms with Crippen LogP contribution in [0.4, 0.5) is 0 Å². The van der Waals surface area contributed by atoms with E-state index in [0.717, 1.165) is 17.9 Å². The Bertz CT molecular complexity index is 151. The van der Waals surface area contributed by atoms with Gasteiger partial charge in [0.05, 0.1) is 0 Å². The van der Waals surface area contributed by atoms with Crippen molar-refractivity contribution in [3.05, 3.63) is 0 Å². The van der Waals surface area contributed by atoms with Crippen LogP contribution in [0.3, 0.4) is 0 Å². The number of hydrogen-bond donors (Lipinski definition) is 1. The second-order valence-electron chi connectivity index (χ2n) is 5.06. The van der Waals surface area contributed by atoms with Gasteiger partial charge in [-0.05, 0) is 37.6 Å². The van der Waals surface area contributed by atoms with E-state index in [0.29, 0.717) is 0 Å². The molecule has 76 valence electrons. The minimum Gasteiger partial charge on any atom is -0.314 e. The maximum atomic E-state index is 3.68. The van der Waals surface area contributed by atoms with Crippen LogP contribution in [0.5, 0.6) is 0 Å². The highest BCUT2D eigenvalue weighted by Gasteiger charge is 2.24. The summed E-state index contributed by atoms with van der Waals surface area (Å²) in [5, 5.41) is 3.68. The second-order valence-corrected chi connectivity index (χ2v) is 5.06. The molecule has 0 heterocycles. The van der Waals surface area contributed by atoms with Gasteiger partial charge in [-0.2, -0.15) is 0 Å². The molecular formula is C12H23N. The first-order chi connectivity index (χ1) is 6.36. The molecule has 2 aliphatic carbocycles. The van der Waals surface area contributed by atoms with Crippen molar-refractivity contribution in [2.24, 2.45) is 11.8 Å². The van der Waals surface area contributed by atoms with Gasteiger partial charge in [0.15, 0.2) is 0 Å². The zero-order chi connectivity index (χ0) is 9.10. The Morgan fingerprint density at radius 1 is 1.00 bits per heavy atom. The summed E-state index contributed by atoms with van der Waals surface area (Å²) < 4.78 is 0. The smallest absolute Gasteiger partial charge is 0.00683 e. The van der Waals surface area contributed by atoms with Crippen molar-refractivity contribution < 1.29 is 0 Å². The molecule has 0 aromatic rings. The van der Waals surface area contributed by atoms with E-state index < -0.39 is 0 Å². The third-order valence-corrected chi connectivity index (χ3v) is 3.79. The topological polar surface area (TPSA) is 12.0 Å². The molecule has 0 radical (unpaired) electrons. The van der Waals surface area contributed by atoms with Crippen LogP contribution in [-0.4, -0.2) is 12.6 Å². The summed E-state index contributed by atoms with van der Waals surface area (Å²) in [4.78, 5) is 0. The third kappa shape index (κ3) is 2.98. The fraction of sp³-hybridized carbons (Fsp3) is 1.00. The number of nitrogens with one attached hydrogen (secondary N) is 1. The summed E-state index contributed by atoms with van der Waals surface area (Å²) in [6.45, 7) is 3.75. The third-order valence-electron chi connectivity index (χ3n) is 3.79. The first-order valence-electron chi connectivity index (χ1n) is 6.09. The number of rotatable bonds is 3. The van der Waals surface area contributed by atoms with Gasteiger partial charge in [0.25, 0.3) is 0 Å². The molecule has 0 amide bonds. The SMILES string of the molecule is CC1CCCCCC1CNC1CC1. The first kappa shape index (κ1) is 9.51. The Morgan fingerprint density at radius 3 is 2.54 bits per heavy atom. The lowest BCUT2D eigenvalue weighted by Crippen LogP contribution is -2.28. The van der Waals surface area contributed by atoms with Gasteiger partial charge in [0.1, 0.15) is 0 Å². The molecule has 2 saturated carbocycles. The van der Waals surface area contributed by atoms with Crippen LogP contribution < -0.4 is 5.32 Å². The molecular weight excluding hydrogens is 158 g/mol. The molecule has 0 saturated heterocycles. The lowest BCUT2D eigenvalue weighted by molar-refractivity contribution is 0.321. The summed E-state index contributed by atoms with van der Waals surface area (Å²) in [6, 6.07) is 0.899. The first-order valence-corrected chi connectivity index (χ1v) is 6.09. The van der Waals surface area contributed by atoms with Gasteiger partial charge in [-0.15, -0.1) is 0 Å². The molecule has 2 unspecified atom stereocenters. The van der Waals surface area contributed by atoms with E-state index in [9.17, 15) is 0 Å². The molecule has 0 spiro atoms. The summed E-state index contributed by atoms with van der Waals surface area (Å²) in [7, 11) is 0. The highest BCUT2D eigenvalue weighted by molar-refractivity contribution is 4.83. The maximum Gasteiger partial charge on any atom is 0.00683 e. The Balaban J connectivity index is 1.72. The lowest BCUT2D eigenvalue weighted by Gasteiger charge is -2.21.